The van der Waals surface area contributed by atoms with Gasteiger partial charge in [0.15, 0.2) is 0 Å². The first kappa shape index (κ1) is 5.22. The summed E-state index contributed by atoms with van der Waals surface area (Å²) in [7, 11) is 0. The van der Waals surface area contributed by atoms with Crippen LogP contribution in [0.5, 0.6) is 0 Å². The maximum atomic E-state index is 4.91. The van der Waals surface area contributed by atoms with Gasteiger partial charge in [-0.2, -0.15) is 0 Å². The highest BCUT2D eigenvalue weighted by molar-refractivity contribution is 5.12. The van der Waals surface area contributed by atoms with Crippen LogP contribution in [0.2, 0.25) is 0 Å². The summed E-state index contributed by atoms with van der Waals surface area (Å²) in [4.78, 5) is 0. The smallest absolute Gasteiger partial charge is 0.229 e. The van der Waals surface area contributed by atoms with Crippen LogP contribution in [-0.2, 0) is 9.47 Å². The molecule has 1 radical (unpaired) electrons. The van der Waals surface area contributed by atoms with Gasteiger partial charge in [0.25, 0.3) is 0 Å². The lowest BCUT2D eigenvalue weighted by atomic mass is 10.4. The van der Waals surface area contributed by atoms with E-state index in [1.54, 1.807) is 18.8 Å². The van der Waals surface area contributed by atoms with Gasteiger partial charge in [0.2, 0.25) is 6.79 Å². The Labute approximate surface area is 48.4 Å². The largest absolute Gasteiger partial charge is 0.462 e. The fraction of sp³-hybridized carbons (Fsp3) is 0.167. The lowest BCUT2D eigenvalue weighted by molar-refractivity contribution is 0.0832. The number of rotatable bonds is 2. The minimum atomic E-state index is 0.333. The van der Waals surface area contributed by atoms with Crippen molar-refractivity contribution in [3.8, 4) is 0 Å². The Balaban J connectivity index is 2.33. The molecule has 0 unspecified atom stereocenters. The van der Waals surface area contributed by atoms with Crippen LogP contribution in [0.1, 0.15) is 0 Å². The molecule has 1 aliphatic rings. The highest BCUT2D eigenvalue weighted by atomic mass is 16.7. The average Bonchev–Trinajstić information content (AvgIpc) is 2.19. The SMILES string of the molecule is C=C[CH]C1=COCO1. The van der Waals surface area contributed by atoms with E-state index in [1.165, 1.54) is 0 Å². The van der Waals surface area contributed by atoms with E-state index in [9.17, 15) is 0 Å². The van der Waals surface area contributed by atoms with Crippen LogP contribution in [0.15, 0.2) is 24.7 Å². The van der Waals surface area contributed by atoms with E-state index < -0.39 is 0 Å². The molecule has 0 spiro atoms. The molecular weight excluding hydrogens is 104 g/mol. The number of allylic oxidation sites excluding steroid dienone is 1. The van der Waals surface area contributed by atoms with E-state index in [0.717, 1.165) is 5.76 Å². The standard InChI is InChI=1S/C6H7O2/c1-2-3-6-4-7-5-8-6/h2-4H,1,5H2. The van der Waals surface area contributed by atoms with Gasteiger partial charge in [-0.1, -0.05) is 6.08 Å². The summed E-state index contributed by atoms with van der Waals surface area (Å²) in [5.74, 6) is 0.736. The molecule has 8 heavy (non-hydrogen) atoms. The average molecular weight is 111 g/mol. The van der Waals surface area contributed by atoms with Gasteiger partial charge >= 0.3 is 0 Å². The van der Waals surface area contributed by atoms with Crippen LogP contribution in [-0.4, -0.2) is 6.79 Å². The molecule has 0 fully saturated rings. The van der Waals surface area contributed by atoms with Crippen molar-refractivity contribution >= 4 is 0 Å². The van der Waals surface area contributed by atoms with Gasteiger partial charge in [0, 0.05) is 0 Å². The second-order valence-electron chi connectivity index (χ2n) is 1.35. The molecule has 0 aromatic carbocycles. The molecule has 1 rings (SSSR count). The predicted molar refractivity (Wildman–Crippen MR) is 29.6 cm³/mol. The predicted octanol–water partition coefficient (Wildman–Crippen LogP) is 1.22. The quantitative estimate of drug-likeness (QED) is 0.533. The van der Waals surface area contributed by atoms with Gasteiger partial charge in [-0.3, -0.25) is 0 Å². The molecule has 0 aliphatic carbocycles. The fourth-order valence-corrected chi connectivity index (χ4v) is 0.456. The Kier molecular flexibility index (Phi) is 1.57. The Hall–Kier alpha value is -0.920. The molecule has 0 N–H and O–H groups in total. The lowest BCUT2D eigenvalue weighted by Gasteiger charge is -1.92. The minimum Gasteiger partial charge on any atom is -0.462 e. The van der Waals surface area contributed by atoms with E-state index in [4.69, 9.17) is 9.47 Å². The first-order valence-corrected chi connectivity index (χ1v) is 2.34. The van der Waals surface area contributed by atoms with Crippen molar-refractivity contribution < 1.29 is 9.47 Å². The van der Waals surface area contributed by atoms with Crippen LogP contribution >= 0.6 is 0 Å². The zero-order valence-corrected chi connectivity index (χ0v) is 4.46. The molecule has 2 heteroatoms. The molecule has 43 valence electrons. The monoisotopic (exact) mass is 111 g/mol. The van der Waals surface area contributed by atoms with Gasteiger partial charge in [0.05, 0.1) is 6.42 Å². The molecule has 1 heterocycles. The Morgan fingerprint density at radius 2 is 2.62 bits per heavy atom. The number of ether oxygens (including phenoxy) is 2. The van der Waals surface area contributed by atoms with E-state index >= 15 is 0 Å². The van der Waals surface area contributed by atoms with Crippen molar-refractivity contribution in [3.63, 3.8) is 0 Å². The Morgan fingerprint density at radius 1 is 1.75 bits per heavy atom. The molecule has 0 amide bonds. The summed E-state index contributed by atoms with van der Waals surface area (Å²) < 4.78 is 9.65. The molecule has 0 atom stereocenters. The van der Waals surface area contributed by atoms with E-state index in [1.807, 2.05) is 0 Å². The van der Waals surface area contributed by atoms with Crippen LogP contribution in [0.4, 0.5) is 0 Å². The highest BCUT2D eigenvalue weighted by Crippen LogP contribution is 2.08. The van der Waals surface area contributed by atoms with E-state index in [2.05, 4.69) is 6.58 Å². The first-order chi connectivity index (χ1) is 3.93. The summed E-state index contributed by atoms with van der Waals surface area (Å²) in [5, 5.41) is 0. The van der Waals surface area contributed by atoms with Gasteiger partial charge in [-0.05, 0) is 0 Å². The van der Waals surface area contributed by atoms with Gasteiger partial charge in [-0.25, -0.2) is 0 Å². The summed E-state index contributed by atoms with van der Waals surface area (Å²) in [6.45, 7) is 3.83. The Morgan fingerprint density at radius 3 is 3.12 bits per heavy atom. The molecule has 0 aromatic heterocycles. The maximum absolute atomic E-state index is 4.91. The zero-order chi connectivity index (χ0) is 5.82. The van der Waals surface area contributed by atoms with Gasteiger partial charge in [0.1, 0.15) is 12.0 Å². The molecule has 0 bridgehead atoms. The minimum absolute atomic E-state index is 0.333. The zero-order valence-electron chi connectivity index (χ0n) is 4.46. The third-order valence-electron chi connectivity index (χ3n) is 0.775. The topological polar surface area (TPSA) is 18.5 Å². The summed E-state index contributed by atoms with van der Waals surface area (Å²) >= 11 is 0. The van der Waals surface area contributed by atoms with Crippen LogP contribution in [0, 0.1) is 6.42 Å². The van der Waals surface area contributed by atoms with Crippen molar-refractivity contribution in [2.45, 2.75) is 0 Å². The highest BCUT2D eigenvalue weighted by Gasteiger charge is 2.01. The molecule has 0 saturated heterocycles. The van der Waals surface area contributed by atoms with Crippen molar-refractivity contribution in [3.05, 3.63) is 31.1 Å². The normalized spacial score (nSPS) is 16.2. The second kappa shape index (κ2) is 2.40. The molecule has 2 nitrogen and oxygen atoms in total. The fourth-order valence-electron chi connectivity index (χ4n) is 0.456. The van der Waals surface area contributed by atoms with Crippen molar-refractivity contribution in [2.75, 3.05) is 6.79 Å². The third kappa shape index (κ3) is 1.03. The third-order valence-corrected chi connectivity index (χ3v) is 0.775. The Bertz CT molecular complexity index is 116. The second-order valence-corrected chi connectivity index (χ2v) is 1.35. The first-order valence-electron chi connectivity index (χ1n) is 2.34. The van der Waals surface area contributed by atoms with Crippen molar-refractivity contribution in [1.82, 2.24) is 0 Å². The van der Waals surface area contributed by atoms with Crippen molar-refractivity contribution in [2.24, 2.45) is 0 Å². The molecule has 0 saturated carbocycles. The summed E-state index contributed by atoms with van der Waals surface area (Å²) in [6.07, 6.45) is 4.95. The van der Waals surface area contributed by atoms with Crippen molar-refractivity contribution in [1.29, 1.82) is 0 Å². The molecule has 0 aromatic rings. The maximum Gasteiger partial charge on any atom is 0.229 e. The summed E-state index contributed by atoms with van der Waals surface area (Å²) in [6, 6.07) is 0. The van der Waals surface area contributed by atoms with Crippen LogP contribution in [0.3, 0.4) is 0 Å². The van der Waals surface area contributed by atoms with Crippen LogP contribution in [0.25, 0.3) is 0 Å². The molecule has 1 aliphatic heterocycles. The lowest BCUT2D eigenvalue weighted by Crippen LogP contribution is -1.83. The van der Waals surface area contributed by atoms with Gasteiger partial charge in [-0.15, -0.1) is 6.58 Å². The van der Waals surface area contributed by atoms with E-state index in [0.29, 0.717) is 6.79 Å². The number of hydrogen-bond donors (Lipinski definition) is 0. The number of hydrogen-bond acceptors (Lipinski definition) is 2. The van der Waals surface area contributed by atoms with Crippen LogP contribution < -0.4 is 0 Å². The molecular formula is C6H7O2. The van der Waals surface area contributed by atoms with E-state index in [-0.39, 0.29) is 0 Å². The summed E-state index contributed by atoms with van der Waals surface area (Å²) in [5.41, 5.74) is 0. The van der Waals surface area contributed by atoms with Gasteiger partial charge < -0.3 is 9.47 Å².